The number of furan rings is 1. The van der Waals surface area contributed by atoms with Crippen LogP contribution in [0.4, 0.5) is 4.39 Å². The predicted molar refractivity (Wildman–Crippen MR) is 116 cm³/mol. The third-order valence-electron chi connectivity index (χ3n) is 5.50. The zero-order chi connectivity index (χ0) is 22.0. The van der Waals surface area contributed by atoms with E-state index in [4.69, 9.17) is 9.15 Å². The van der Waals surface area contributed by atoms with E-state index >= 15 is 0 Å². The first-order valence-electron chi connectivity index (χ1n) is 10.0. The normalized spacial score (nSPS) is 12.0. The minimum atomic E-state index is -0.487. The Morgan fingerprint density at radius 3 is 2.55 bits per heavy atom. The Hall–Kier alpha value is -3.67. The fourth-order valence-corrected chi connectivity index (χ4v) is 3.66. The molecule has 31 heavy (non-hydrogen) atoms. The molecule has 4 rings (SSSR count). The molecule has 0 aliphatic carbocycles. The molecular weight excluding hydrogens is 395 g/mol. The number of para-hydroxylation sites is 1. The molecule has 4 aromatic rings. The van der Waals surface area contributed by atoms with E-state index in [9.17, 15) is 9.18 Å². The number of nitrogens with zero attached hydrogens (tertiary/aromatic N) is 2. The molecule has 0 spiro atoms. The van der Waals surface area contributed by atoms with Gasteiger partial charge in [-0.2, -0.15) is 0 Å². The number of ether oxygens (including phenoxy) is 1. The summed E-state index contributed by atoms with van der Waals surface area (Å²) in [5, 5.41) is 0.596. The second-order valence-electron chi connectivity index (χ2n) is 7.38. The Morgan fingerprint density at radius 1 is 1.13 bits per heavy atom. The van der Waals surface area contributed by atoms with E-state index in [0.717, 1.165) is 17.0 Å². The summed E-state index contributed by atoms with van der Waals surface area (Å²) in [6.45, 7) is 4.00. The van der Waals surface area contributed by atoms with Crippen molar-refractivity contribution in [1.82, 2.24) is 9.88 Å². The molecule has 0 fully saturated rings. The fraction of sp³-hybridized carbons (Fsp3) is 0.200. The van der Waals surface area contributed by atoms with E-state index in [2.05, 4.69) is 4.98 Å². The molecule has 2 heterocycles. The number of halogens is 1. The maximum absolute atomic E-state index is 14.2. The number of fused-ring (bicyclic) bond motifs is 1. The lowest BCUT2D eigenvalue weighted by atomic mass is 10.0. The van der Waals surface area contributed by atoms with Gasteiger partial charge in [0.2, 0.25) is 0 Å². The number of carbonyl (C=O) groups excluding carboxylic acids is 1. The number of hydrogen-bond acceptors (Lipinski definition) is 4. The SMILES string of the molecule is COc1ccc(C(C)N(Cc2ccccn2)C(=O)c2oc3c(F)cccc3c2C)cc1. The average molecular weight is 418 g/mol. The van der Waals surface area contributed by atoms with Crippen molar-refractivity contribution in [3.63, 3.8) is 0 Å². The van der Waals surface area contributed by atoms with Gasteiger partial charge in [-0.1, -0.05) is 30.3 Å². The van der Waals surface area contributed by atoms with Crippen LogP contribution in [0.3, 0.4) is 0 Å². The molecule has 6 heteroatoms. The number of pyridine rings is 1. The summed E-state index contributed by atoms with van der Waals surface area (Å²) in [6, 6.07) is 17.5. The predicted octanol–water partition coefficient (Wildman–Crippen LogP) is 5.69. The van der Waals surface area contributed by atoms with E-state index in [0.29, 0.717) is 10.9 Å². The summed E-state index contributed by atoms with van der Waals surface area (Å²) in [7, 11) is 1.61. The van der Waals surface area contributed by atoms with Gasteiger partial charge in [-0.15, -0.1) is 0 Å². The second-order valence-corrected chi connectivity index (χ2v) is 7.38. The Morgan fingerprint density at radius 2 is 1.90 bits per heavy atom. The molecule has 1 amide bonds. The zero-order valence-electron chi connectivity index (χ0n) is 17.6. The molecule has 0 aliphatic rings. The maximum Gasteiger partial charge on any atom is 0.290 e. The molecule has 0 radical (unpaired) electrons. The van der Waals surface area contributed by atoms with Gasteiger partial charge in [0.25, 0.3) is 5.91 Å². The standard InChI is InChI=1S/C25H23FN2O3/c1-16-21-8-6-9-22(26)24(21)31-23(16)25(29)28(15-19-7-4-5-14-27-19)17(2)18-10-12-20(30-3)13-11-18/h4-14,17H,15H2,1-3H3. The molecule has 0 bridgehead atoms. The van der Waals surface area contributed by atoms with Crippen LogP contribution < -0.4 is 4.74 Å². The van der Waals surface area contributed by atoms with Gasteiger partial charge < -0.3 is 14.1 Å². The van der Waals surface area contributed by atoms with Gasteiger partial charge in [-0.05, 0) is 49.7 Å². The molecular formula is C25H23FN2O3. The highest BCUT2D eigenvalue weighted by Gasteiger charge is 2.29. The Bertz CT molecular complexity index is 1200. The van der Waals surface area contributed by atoms with E-state index < -0.39 is 5.82 Å². The number of benzene rings is 2. The summed E-state index contributed by atoms with van der Waals surface area (Å²) in [5.41, 5.74) is 2.40. The Kier molecular flexibility index (Phi) is 5.71. The van der Waals surface area contributed by atoms with Crippen LogP contribution in [0.25, 0.3) is 11.0 Å². The smallest absolute Gasteiger partial charge is 0.290 e. The van der Waals surface area contributed by atoms with Gasteiger partial charge in [-0.3, -0.25) is 9.78 Å². The summed E-state index contributed by atoms with van der Waals surface area (Å²) < 4.78 is 25.2. The molecule has 1 atom stereocenters. The monoisotopic (exact) mass is 418 g/mol. The number of carbonyl (C=O) groups is 1. The highest BCUT2D eigenvalue weighted by atomic mass is 19.1. The zero-order valence-corrected chi connectivity index (χ0v) is 17.6. The van der Waals surface area contributed by atoms with Gasteiger partial charge in [0.05, 0.1) is 25.4 Å². The van der Waals surface area contributed by atoms with Crippen LogP contribution in [0.15, 0.2) is 71.3 Å². The summed E-state index contributed by atoms with van der Waals surface area (Å²) in [6.07, 6.45) is 1.69. The van der Waals surface area contributed by atoms with Crippen LogP contribution in [0.1, 0.15) is 40.3 Å². The highest BCUT2D eigenvalue weighted by Crippen LogP contribution is 2.31. The highest BCUT2D eigenvalue weighted by molar-refractivity contribution is 5.99. The third-order valence-corrected chi connectivity index (χ3v) is 5.50. The summed E-state index contributed by atoms with van der Waals surface area (Å²) in [4.78, 5) is 19.7. The molecule has 1 unspecified atom stereocenters. The maximum atomic E-state index is 14.2. The number of aryl methyl sites for hydroxylation is 1. The quantitative estimate of drug-likeness (QED) is 0.404. The molecule has 0 saturated heterocycles. The number of hydrogen-bond donors (Lipinski definition) is 0. The van der Waals surface area contributed by atoms with Crippen LogP contribution in [0.5, 0.6) is 5.75 Å². The minimum absolute atomic E-state index is 0.0956. The van der Waals surface area contributed by atoms with Gasteiger partial charge in [0.1, 0.15) is 5.75 Å². The van der Waals surface area contributed by atoms with Crippen molar-refractivity contribution in [3.05, 3.63) is 95.3 Å². The molecule has 158 valence electrons. The molecule has 0 saturated carbocycles. The van der Waals surface area contributed by atoms with Crippen molar-refractivity contribution in [2.24, 2.45) is 0 Å². The van der Waals surface area contributed by atoms with Crippen LogP contribution in [-0.4, -0.2) is 22.9 Å². The van der Waals surface area contributed by atoms with Gasteiger partial charge in [-0.25, -0.2) is 4.39 Å². The van der Waals surface area contributed by atoms with Gasteiger partial charge in [0, 0.05) is 17.1 Å². The lowest BCUT2D eigenvalue weighted by molar-refractivity contribution is 0.0639. The second kappa shape index (κ2) is 8.60. The van der Waals surface area contributed by atoms with E-state index in [1.54, 1.807) is 37.3 Å². The lowest BCUT2D eigenvalue weighted by Crippen LogP contribution is -2.33. The van der Waals surface area contributed by atoms with Crippen molar-refractivity contribution >= 4 is 16.9 Å². The van der Waals surface area contributed by atoms with E-state index in [-0.39, 0.29) is 29.8 Å². The van der Waals surface area contributed by atoms with E-state index in [1.165, 1.54) is 6.07 Å². The fourth-order valence-electron chi connectivity index (χ4n) is 3.66. The lowest BCUT2D eigenvalue weighted by Gasteiger charge is -2.29. The van der Waals surface area contributed by atoms with Crippen LogP contribution >= 0.6 is 0 Å². The van der Waals surface area contributed by atoms with Crippen molar-refractivity contribution in [3.8, 4) is 5.75 Å². The Balaban J connectivity index is 1.75. The van der Waals surface area contributed by atoms with Crippen LogP contribution in [0.2, 0.25) is 0 Å². The average Bonchev–Trinajstić information content (AvgIpc) is 3.15. The summed E-state index contributed by atoms with van der Waals surface area (Å²) >= 11 is 0. The first kappa shape index (κ1) is 20.6. The van der Waals surface area contributed by atoms with Crippen LogP contribution in [0, 0.1) is 12.7 Å². The molecule has 2 aromatic carbocycles. The van der Waals surface area contributed by atoms with Gasteiger partial charge in [0.15, 0.2) is 17.2 Å². The van der Waals surface area contributed by atoms with Crippen molar-refractivity contribution < 1.29 is 18.3 Å². The minimum Gasteiger partial charge on any atom is -0.497 e. The van der Waals surface area contributed by atoms with Crippen molar-refractivity contribution in [2.45, 2.75) is 26.4 Å². The molecule has 0 N–H and O–H groups in total. The number of rotatable bonds is 6. The summed E-state index contributed by atoms with van der Waals surface area (Å²) in [5.74, 6) is 0.0692. The van der Waals surface area contributed by atoms with Gasteiger partial charge >= 0.3 is 0 Å². The number of amides is 1. The molecule has 5 nitrogen and oxygen atoms in total. The Labute approximate surface area is 180 Å². The molecule has 0 aliphatic heterocycles. The number of aromatic nitrogens is 1. The first-order chi connectivity index (χ1) is 15.0. The van der Waals surface area contributed by atoms with Crippen molar-refractivity contribution in [1.29, 1.82) is 0 Å². The first-order valence-corrected chi connectivity index (χ1v) is 10.0. The molecule has 2 aromatic heterocycles. The van der Waals surface area contributed by atoms with Crippen LogP contribution in [-0.2, 0) is 6.54 Å². The van der Waals surface area contributed by atoms with Crippen molar-refractivity contribution in [2.75, 3.05) is 7.11 Å². The third kappa shape index (κ3) is 4.01. The number of methoxy groups -OCH3 is 1. The largest absolute Gasteiger partial charge is 0.497 e. The van der Waals surface area contributed by atoms with E-state index in [1.807, 2.05) is 49.4 Å². The topological polar surface area (TPSA) is 55.6 Å².